The first-order valence-corrected chi connectivity index (χ1v) is 5.75. The smallest absolute Gasteiger partial charge is 0.476 e. The Kier molecular flexibility index (Phi) is 3.22. The molecule has 0 aliphatic carbocycles. The van der Waals surface area contributed by atoms with Crippen molar-refractivity contribution in [3.05, 3.63) is 0 Å². The van der Waals surface area contributed by atoms with Gasteiger partial charge in [0.1, 0.15) is 0 Å². The fourth-order valence-corrected chi connectivity index (χ4v) is 3.31. The van der Waals surface area contributed by atoms with Crippen LogP contribution in [0.4, 0.5) is 0 Å². The van der Waals surface area contributed by atoms with Crippen LogP contribution in [0.3, 0.4) is 0 Å². The molecule has 1 fully saturated rings. The zero-order valence-corrected chi connectivity index (χ0v) is 6.81. The van der Waals surface area contributed by atoms with Crippen molar-refractivity contribution in [3.8, 4) is 0 Å². The second-order valence-electron chi connectivity index (χ2n) is 2.14. The molecule has 0 saturated carbocycles. The van der Waals surface area contributed by atoms with E-state index in [0.29, 0.717) is 0 Å². The first-order valence-electron chi connectivity index (χ1n) is 3.11. The summed E-state index contributed by atoms with van der Waals surface area (Å²) in [6, 6.07) is 0. The van der Waals surface area contributed by atoms with Gasteiger partial charge >= 0.3 is 14.5 Å². The van der Waals surface area contributed by atoms with Crippen molar-refractivity contribution in [1.29, 1.82) is 0 Å². The van der Waals surface area contributed by atoms with E-state index < -0.39 is 14.5 Å². The van der Waals surface area contributed by atoms with Crippen molar-refractivity contribution in [2.45, 2.75) is 18.1 Å². The molecule has 0 aromatic heterocycles. The number of hydrogen-bond acceptors (Lipinski definition) is 1. The fraction of sp³-hybridized carbons (Fsp3) is 1.00. The maximum Gasteiger partial charge on any atom is 0.476 e. The SMILES string of the molecule is Cl[CH2][Al]1[CH2]CCC[O]1. The van der Waals surface area contributed by atoms with Gasteiger partial charge in [-0.1, -0.05) is 11.7 Å². The van der Waals surface area contributed by atoms with Crippen molar-refractivity contribution in [2.75, 3.05) is 11.3 Å². The molecule has 8 heavy (non-hydrogen) atoms. The van der Waals surface area contributed by atoms with Gasteiger partial charge in [-0.3, -0.25) is 0 Å². The summed E-state index contributed by atoms with van der Waals surface area (Å²) in [6.07, 6.45) is 2.60. The average Bonchev–Trinajstić information content (AvgIpc) is 1.90. The van der Waals surface area contributed by atoms with E-state index in [1.54, 1.807) is 0 Å². The molecule has 0 spiro atoms. The van der Waals surface area contributed by atoms with Crippen molar-refractivity contribution >= 4 is 26.1 Å². The maximum atomic E-state index is 5.62. The number of hydrogen-bond donors (Lipinski definition) is 0. The van der Waals surface area contributed by atoms with Crippen LogP contribution in [0.1, 0.15) is 12.8 Å². The van der Waals surface area contributed by atoms with Crippen molar-refractivity contribution in [3.63, 3.8) is 0 Å². The van der Waals surface area contributed by atoms with Crippen molar-refractivity contribution in [2.24, 2.45) is 0 Å². The Bertz CT molecular complexity index is 63.4. The molecule has 1 nitrogen and oxygen atoms in total. The van der Waals surface area contributed by atoms with Crippen molar-refractivity contribution < 1.29 is 3.79 Å². The molecule has 1 rings (SSSR count). The third kappa shape index (κ3) is 1.95. The normalized spacial score (nSPS) is 21.4. The van der Waals surface area contributed by atoms with Gasteiger partial charge in [-0.15, -0.1) is 11.6 Å². The van der Waals surface area contributed by atoms with Gasteiger partial charge < -0.3 is 3.79 Å². The highest BCUT2D eigenvalue weighted by atomic mass is 35.5. The number of halogens is 1. The van der Waals surface area contributed by atoms with Crippen LogP contribution in [0, 0.1) is 0 Å². The predicted molar refractivity (Wildman–Crippen MR) is 36.5 cm³/mol. The molecule has 0 bridgehead atoms. The van der Waals surface area contributed by atoms with Gasteiger partial charge in [0, 0.05) is 11.3 Å². The third-order valence-corrected chi connectivity index (χ3v) is 4.58. The van der Waals surface area contributed by atoms with Gasteiger partial charge in [0.15, 0.2) is 0 Å². The molecule has 0 atom stereocenters. The Hall–Kier alpha value is 0.782. The average molecular weight is 149 g/mol. The summed E-state index contributed by atoms with van der Waals surface area (Å²) in [6.45, 7) is 0.976. The van der Waals surface area contributed by atoms with Crippen LogP contribution in [0.25, 0.3) is 0 Å². The Morgan fingerprint density at radius 3 is 2.75 bits per heavy atom. The van der Waals surface area contributed by atoms with E-state index in [2.05, 4.69) is 0 Å². The predicted octanol–water partition coefficient (Wildman–Crippen LogP) is 1.57. The summed E-state index contributed by atoms with van der Waals surface area (Å²) in [5.41, 5.74) is 0. The molecular weight excluding hydrogens is 138 g/mol. The van der Waals surface area contributed by atoms with Crippen molar-refractivity contribution in [1.82, 2.24) is 0 Å². The Morgan fingerprint density at radius 1 is 1.50 bits per heavy atom. The van der Waals surface area contributed by atoms with Gasteiger partial charge in [-0.05, 0) is 6.42 Å². The van der Waals surface area contributed by atoms with Gasteiger partial charge in [0.2, 0.25) is 0 Å². The van der Waals surface area contributed by atoms with Gasteiger partial charge in [-0.25, -0.2) is 0 Å². The van der Waals surface area contributed by atoms with Gasteiger partial charge in [-0.2, -0.15) is 0 Å². The van der Waals surface area contributed by atoms with E-state index in [9.17, 15) is 0 Å². The van der Waals surface area contributed by atoms with Crippen LogP contribution >= 0.6 is 11.6 Å². The number of alkyl halides is 1. The summed E-state index contributed by atoms with van der Waals surface area (Å²) >= 11 is 4.78. The minimum atomic E-state index is -0.840. The van der Waals surface area contributed by atoms with Crippen LogP contribution in [0.2, 0.25) is 5.28 Å². The summed E-state index contributed by atoms with van der Waals surface area (Å²) in [5, 5.41) is 1.30. The second-order valence-corrected chi connectivity index (χ2v) is 5.53. The lowest BCUT2D eigenvalue weighted by molar-refractivity contribution is 0.290. The van der Waals surface area contributed by atoms with E-state index in [0.717, 1.165) is 11.3 Å². The molecule has 46 valence electrons. The zero-order chi connectivity index (χ0) is 5.82. The monoisotopic (exact) mass is 148 g/mol. The second kappa shape index (κ2) is 3.74. The summed E-state index contributed by atoms with van der Waals surface area (Å²) in [4.78, 5) is 0. The van der Waals surface area contributed by atoms with E-state index in [1.165, 1.54) is 18.1 Å². The standard InChI is InChI=1S/C4H8O.CH2Cl.Al/c1-2-3-4-5;1-2;/h1-4H2;1H2;/q-1;;+1. The van der Waals surface area contributed by atoms with Crippen LogP contribution in [0.5, 0.6) is 0 Å². The lowest BCUT2D eigenvalue weighted by Gasteiger charge is -2.15. The molecule has 0 unspecified atom stereocenters. The first kappa shape index (κ1) is 6.90. The van der Waals surface area contributed by atoms with Crippen LogP contribution < -0.4 is 0 Å². The lowest BCUT2D eigenvalue weighted by Crippen LogP contribution is -2.24. The molecule has 0 amide bonds. The molecular formula is C5H10AlClO. The Balaban J connectivity index is 2.13. The highest BCUT2D eigenvalue weighted by Gasteiger charge is 2.21. The van der Waals surface area contributed by atoms with E-state index >= 15 is 0 Å². The Morgan fingerprint density at radius 2 is 2.38 bits per heavy atom. The summed E-state index contributed by atoms with van der Waals surface area (Å²) in [5.74, 6) is 0. The molecule has 1 saturated heterocycles. The number of rotatable bonds is 1. The van der Waals surface area contributed by atoms with Gasteiger partial charge in [0.05, 0.1) is 0 Å². The molecule has 3 heteroatoms. The topological polar surface area (TPSA) is 9.23 Å². The largest absolute Gasteiger partial charge is 0.500 e. The molecule has 0 radical (unpaired) electrons. The lowest BCUT2D eigenvalue weighted by atomic mass is 10.4. The third-order valence-electron chi connectivity index (χ3n) is 1.45. The van der Waals surface area contributed by atoms with E-state index in [4.69, 9.17) is 15.4 Å². The van der Waals surface area contributed by atoms with Crippen LogP contribution in [-0.4, -0.2) is 25.8 Å². The molecule has 0 aromatic rings. The highest BCUT2D eigenvalue weighted by molar-refractivity contribution is 6.61. The van der Waals surface area contributed by atoms with E-state index in [-0.39, 0.29) is 0 Å². The summed E-state index contributed by atoms with van der Waals surface area (Å²) in [7, 11) is 0. The fourth-order valence-electron chi connectivity index (χ4n) is 0.929. The molecule has 0 aromatic carbocycles. The zero-order valence-electron chi connectivity index (χ0n) is 4.90. The molecule has 1 aliphatic rings. The molecule has 0 N–H and O–H groups in total. The van der Waals surface area contributed by atoms with Gasteiger partial charge in [0.25, 0.3) is 0 Å². The van der Waals surface area contributed by atoms with Crippen LogP contribution in [-0.2, 0) is 3.79 Å². The molecule has 1 aliphatic heterocycles. The minimum absolute atomic E-state index is 0.806. The quantitative estimate of drug-likeness (QED) is 0.405. The molecule has 1 heterocycles. The summed E-state index contributed by atoms with van der Waals surface area (Å²) < 4.78 is 6.24. The van der Waals surface area contributed by atoms with Crippen LogP contribution in [0.15, 0.2) is 0 Å². The minimum Gasteiger partial charge on any atom is -0.500 e. The Labute approximate surface area is 59.7 Å². The van der Waals surface area contributed by atoms with E-state index in [1.807, 2.05) is 0 Å². The first-order chi connectivity index (χ1) is 3.93. The maximum absolute atomic E-state index is 5.62. The highest BCUT2D eigenvalue weighted by Crippen LogP contribution is 2.10.